The largest absolute Gasteiger partial charge is 0.462 e. The Morgan fingerprint density at radius 1 is 0.483 bits per heavy atom. The lowest BCUT2D eigenvalue weighted by Gasteiger charge is -2.24. The number of allylic oxidation sites excluding steroid dienone is 6. The number of carbonyl (C=O) groups is 2. The fourth-order valence-corrected chi connectivity index (χ4v) is 7.96. The van der Waals surface area contributed by atoms with Gasteiger partial charge in [-0.25, -0.2) is 0 Å². The summed E-state index contributed by atoms with van der Waals surface area (Å²) in [6.45, 7) is 6.46. The summed E-state index contributed by atoms with van der Waals surface area (Å²) in [4.78, 5) is 26.1. The summed E-state index contributed by atoms with van der Waals surface area (Å²) in [6, 6.07) is -0.718. The molecule has 3 unspecified atom stereocenters. The monoisotopic (exact) mass is 844 g/mol. The normalized spacial score (nSPS) is 13.5. The minimum Gasteiger partial charge on any atom is -0.462 e. The Morgan fingerprint density at radius 2 is 0.867 bits per heavy atom. The second-order valence-corrected chi connectivity index (χ2v) is 17.9. The maximum atomic E-state index is 13.2. The van der Waals surface area contributed by atoms with Crippen molar-refractivity contribution in [3.05, 3.63) is 36.5 Å². The number of rotatable bonds is 47. The van der Waals surface area contributed by atoms with Crippen LogP contribution in [0.15, 0.2) is 36.5 Å². The maximum absolute atomic E-state index is 13.2. The van der Waals surface area contributed by atoms with Crippen LogP contribution >= 0.6 is 0 Å². The van der Waals surface area contributed by atoms with Crippen molar-refractivity contribution >= 4 is 11.9 Å². The molecule has 0 spiro atoms. The van der Waals surface area contributed by atoms with Gasteiger partial charge in [0.15, 0.2) is 0 Å². The molecule has 60 heavy (non-hydrogen) atoms. The molecule has 0 saturated carbocycles. The Kier molecular flexibility index (Phi) is 46.6. The van der Waals surface area contributed by atoms with Crippen molar-refractivity contribution in [2.24, 2.45) is 0 Å². The predicted octanol–water partition coefficient (Wildman–Crippen LogP) is 15.7. The molecule has 0 rings (SSSR count). The lowest BCUT2D eigenvalue weighted by atomic mass is 10.0. The van der Waals surface area contributed by atoms with E-state index in [1.54, 1.807) is 0 Å². The van der Waals surface area contributed by atoms with Crippen molar-refractivity contribution in [2.75, 3.05) is 6.61 Å². The van der Waals surface area contributed by atoms with Crippen LogP contribution in [0.4, 0.5) is 0 Å². The van der Waals surface area contributed by atoms with E-state index in [1.165, 1.54) is 167 Å². The number of nitrogens with one attached hydrogen (secondary N) is 1. The first-order chi connectivity index (χ1) is 29.5. The first kappa shape index (κ1) is 58.1. The summed E-state index contributed by atoms with van der Waals surface area (Å²) < 4.78 is 5.87. The van der Waals surface area contributed by atoms with E-state index in [4.69, 9.17) is 4.74 Å². The van der Waals surface area contributed by atoms with Crippen LogP contribution in [0.25, 0.3) is 0 Å². The Labute approximate surface area is 373 Å². The molecule has 0 bridgehead atoms. The Bertz CT molecular complexity index is 993. The van der Waals surface area contributed by atoms with Crippen molar-refractivity contribution in [2.45, 2.75) is 289 Å². The number of amides is 1. The highest BCUT2D eigenvalue weighted by Crippen LogP contribution is 2.17. The van der Waals surface area contributed by atoms with Crippen molar-refractivity contribution in [1.29, 1.82) is 0 Å². The van der Waals surface area contributed by atoms with Gasteiger partial charge in [0.1, 0.15) is 6.10 Å². The van der Waals surface area contributed by atoms with E-state index in [0.717, 1.165) is 51.4 Å². The summed E-state index contributed by atoms with van der Waals surface area (Å²) in [6.07, 6.45) is 56.5. The average molecular weight is 844 g/mol. The summed E-state index contributed by atoms with van der Waals surface area (Å²) in [7, 11) is 0. The van der Waals surface area contributed by atoms with E-state index in [0.29, 0.717) is 19.3 Å². The molecule has 6 nitrogen and oxygen atoms in total. The molecular formula is C54H101NO5. The zero-order valence-corrected chi connectivity index (χ0v) is 40.1. The van der Waals surface area contributed by atoms with Crippen LogP contribution in [0, 0.1) is 0 Å². The third-order valence-electron chi connectivity index (χ3n) is 12.0. The standard InChI is InChI=1S/C54H101NO5/c1-4-7-10-13-16-19-22-25-26-27-29-31-34-37-40-43-46-52(57)51(49-56)55-53(58)48-50(45-42-39-36-33-30-24-21-18-15-12-9-6-3)60-54(59)47-44-41-38-35-32-28-23-20-17-14-11-8-5-2/h28,32-33,36,38,41,50-52,56-57H,4-27,29-31,34-35,37,39-40,42-49H2,1-3H3,(H,55,58)/b32-28-,36-33-,41-38+. The van der Waals surface area contributed by atoms with E-state index in [9.17, 15) is 19.8 Å². The highest BCUT2D eigenvalue weighted by Gasteiger charge is 2.24. The Morgan fingerprint density at radius 3 is 1.32 bits per heavy atom. The fraction of sp³-hybridized carbons (Fsp3) is 0.852. The number of unbranched alkanes of at least 4 members (excludes halogenated alkanes) is 29. The molecule has 0 aromatic rings. The lowest BCUT2D eigenvalue weighted by Crippen LogP contribution is -2.46. The van der Waals surface area contributed by atoms with E-state index >= 15 is 0 Å². The Balaban J connectivity index is 4.59. The van der Waals surface area contributed by atoms with Gasteiger partial charge in [0.05, 0.1) is 25.2 Å². The molecule has 0 aromatic heterocycles. The van der Waals surface area contributed by atoms with Gasteiger partial charge in [-0.05, 0) is 64.2 Å². The number of aliphatic hydroxyl groups excluding tert-OH is 2. The summed E-state index contributed by atoms with van der Waals surface area (Å²) in [5.41, 5.74) is 0. The molecular weight excluding hydrogens is 743 g/mol. The van der Waals surface area contributed by atoms with Gasteiger partial charge in [-0.15, -0.1) is 0 Å². The minimum atomic E-state index is -0.801. The zero-order chi connectivity index (χ0) is 43.8. The lowest BCUT2D eigenvalue weighted by molar-refractivity contribution is -0.150. The minimum absolute atomic E-state index is 0.0367. The number of carbonyl (C=O) groups excluding carboxylic acids is 2. The smallest absolute Gasteiger partial charge is 0.306 e. The highest BCUT2D eigenvalue weighted by molar-refractivity contribution is 5.77. The van der Waals surface area contributed by atoms with Crippen LogP contribution in [-0.2, 0) is 14.3 Å². The maximum Gasteiger partial charge on any atom is 0.306 e. The molecule has 352 valence electrons. The first-order valence-electron chi connectivity index (χ1n) is 26.2. The molecule has 0 aliphatic heterocycles. The topological polar surface area (TPSA) is 95.9 Å². The highest BCUT2D eigenvalue weighted by atomic mass is 16.5. The summed E-state index contributed by atoms with van der Waals surface area (Å²) in [5.74, 6) is -0.576. The third-order valence-corrected chi connectivity index (χ3v) is 12.0. The SMILES string of the molecule is CCCCCCCC/C=C\C/C=C/CCC(=O)OC(CCC/C=C\CCCCCCCCC)CC(=O)NC(CO)C(O)CCCCCCCCCCCCCCCCCC. The molecule has 0 heterocycles. The molecule has 0 fully saturated rings. The van der Waals surface area contributed by atoms with Gasteiger partial charge in [0.2, 0.25) is 5.91 Å². The summed E-state index contributed by atoms with van der Waals surface area (Å²) >= 11 is 0. The molecule has 0 saturated heterocycles. The molecule has 6 heteroatoms. The number of hydrogen-bond donors (Lipinski definition) is 3. The van der Waals surface area contributed by atoms with E-state index in [1.807, 2.05) is 6.08 Å². The van der Waals surface area contributed by atoms with Gasteiger partial charge >= 0.3 is 5.97 Å². The molecule has 3 atom stereocenters. The number of aliphatic hydroxyl groups is 2. The van der Waals surface area contributed by atoms with Crippen molar-refractivity contribution < 1.29 is 24.5 Å². The first-order valence-corrected chi connectivity index (χ1v) is 26.2. The molecule has 0 aliphatic rings. The third kappa shape index (κ3) is 42.8. The quantitative estimate of drug-likeness (QED) is 0.0322. The van der Waals surface area contributed by atoms with Crippen molar-refractivity contribution in [1.82, 2.24) is 5.32 Å². The van der Waals surface area contributed by atoms with Crippen LogP contribution in [0.3, 0.4) is 0 Å². The van der Waals surface area contributed by atoms with Gasteiger partial charge in [-0.2, -0.15) is 0 Å². The van der Waals surface area contributed by atoms with Gasteiger partial charge in [0, 0.05) is 6.42 Å². The molecule has 3 N–H and O–H groups in total. The van der Waals surface area contributed by atoms with Crippen LogP contribution in [0.2, 0.25) is 0 Å². The van der Waals surface area contributed by atoms with E-state index in [-0.39, 0.29) is 31.3 Å². The van der Waals surface area contributed by atoms with Gasteiger partial charge in [-0.1, -0.05) is 231 Å². The summed E-state index contributed by atoms with van der Waals surface area (Å²) in [5, 5.41) is 23.8. The molecule has 0 radical (unpaired) electrons. The van der Waals surface area contributed by atoms with Crippen LogP contribution in [0.1, 0.15) is 271 Å². The van der Waals surface area contributed by atoms with E-state index < -0.39 is 18.2 Å². The fourth-order valence-electron chi connectivity index (χ4n) is 7.96. The van der Waals surface area contributed by atoms with Crippen LogP contribution in [-0.4, -0.2) is 46.9 Å². The Hall–Kier alpha value is -1.92. The molecule has 1 amide bonds. The second-order valence-electron chi connectivity index (χ2n) is 17.9. The van der Waals surface area contributed by atoms with Crippen LogP contribution < -0.4 is 5.32 Å². The van der Waals surface area contributed by atoms with Crippen molar-refractivity contribution in [3.8, 4) is 0 Å². The van der Waals surface area contributed by atoms with Crippen molar-refractivity contribution in [3.63, 3.8) is 0 Å². The van der Waals surface area contributed by atoms with E-state index in [2.05, 4.69) is 56.5 Å². The molecule has 0 aromatic carbocycles. The number of hydrogen-bond acceptors (Lipinski definition) is 5. The predicted molar refractivity (Wildman–Crippen MR) is 259 cm³/mol. The van der Waals surface area contributed by atoms with Crippen LogP contribution in [0.5, 0.6) is 0 Å². The molecule has 0 aliphatic carbocycles. The number of ether oxygens (including phenoxy) is 1. The second kappa shape index (κ2) is 48.1. The number of esters is 1. The zero-order valence-electron chi connectivity index (χ0n) is 40.1. The van der Waals surface area contributed by atoms with Gasteiger partial charge < -0.3 is 20.3 Å². The average Bonchev–Trinajstić information content (AvgIpc) is 3.24. The van der Waals surface area contributed by atoms with Gasteiger partial charge in [-0.3, -0.25) is 9.59 Å². The van der Waals surface area contributed by atoms with Gasteiger partial charge in [0.25, 0.3) is 0 Å².